The molecule has 248 valence electrons. The lowest BCUT2D eigenvalue weighted by Crippen LogP contribution is -2.51. The molecule has 3 aliphatic heterocycles. The molecule has 5 fully saturated rings. The highest BCUT2D eigenvalue weighted by molar-refractivity contribution is 5.38. The van der Waals surface area contributed by atoms with Gasteiger partial charge in [-0.15, -0.1) is 5.10 Å². The third kappa shape index (κ3) is 4.53. The molecule has 8 rings (SSSR count). The molecule has 7 aliphatic rings. The summed E-state index contributed by atoms with van der Waals surface area (Å²) in [4.78, 5) is 2.55. The van der Waals surface area contributed by atoms with E-state index in [-0.39, 0.29) is 35.9 Å². The van der Waals surface area contributed by atoms with E-state index < -0.39 is 24.5 Å². The van der Waals surface area contributed by atoms with Crippen LogP contribution in [0.4, 0.5) is 0 Å². The van der Waals surface area contributed by atoms with Crippen LogP contribution < -0.4 is 0 Å². The molecule has 2 saturated carbocycles. The number of aromatic nitrogens is 3. The number of likely N-dealkylation sites (tertiary alicyclic amines) is 1. The van der Waals surface area contributed by atoms with Gasteiger partial charge in [0.2, 0.25) is 0 Å². The number of aliphatic hydroxyl groups is 4. The molecule has 1 aromatic rings. The third-order valence-electron chi connectivity index (χ3n) is 13.8. The van der Waals surface area contributed by atoms with E-state index in [9.17, 15) is 20.4 Å². The lowest BCUT2D eigenvalue weighted by Gasteiger charge is -2.49. The van der Waals surface area contributed by atoms with Crippen LogP contribution in [0, 0.1) is 35.0 Å². The van der Waals surface area contributed by atoms with Crippen molar-refractivity contribution in [3.63, 3.8) is 0 Å². The minimum absolute atomic E-state index is 0.167. The highest BCUT2D eigenvalue weighted by Crippen LogP contribution is 2.65. The quantitative estimate of drug-likeness (QED) is 0.373. The van der Waals surface area contributed by atoms with Crippen LogP contribution in [-0.2, 0) is 16.0 Å². The number of aliphatic hydroxyl groups excluding tert-OH is 4. The van der Waals surface area contributed by atoms with Crippen molar-refractivity contribution >= 4 is 0 Å². The van der Waals surface area contributed by atoms with Crippen molar-refractivity contribution in [1.82, 2.24) is 19.9 Å². The minimum Gasteiger partial charge on any atom is -0.394 e. The van der Waals surface area contributed by atoms with Crippen LogP contribution >= 0.6 is 0 Å². The number of nitrogens with zero attached hydrogens (tertiary/aromatic N) is 4. The van der Waals surface area contributed by atoms with Gasteiger partial charge < -0.3 is 29.9 Å². The Kier molecular flexibility index (Phi) is 7.45. The van der Waals surface area contributed by atoms with Gasteiger partial charge in [0.05, 0.1) is 36.3 Å². The molecule has 14 atom stereocenters. The van der Waals surface area contributed by atoms with Crippen LogP contribution in [0.3, 0.4) is 0 Å². The summed E-state index contributed by atoms with van der Waals surface area (Å²) in [5, 5.41) is 49.3. The molecule has 0 bridgehead atoms. The molecule has 1 spiro atoms. The van der Waals surface area contributed by atoms with Crippen molar-refractivity contribution in [1.29, 1.82) is 0 Å². The number of hydrogen-bond donors (Lipinski definition) is 4. The monoisotopic (exact) mass is 624 g/mol. The summed E-state index contributed by atoms with van der Waals surface area (Å²) >= 11 is 0. The predicted molar refractivity (Wildman–Crippen MR) is 165 cm³/mol. The smallest absolute Gasteiger partial charge is 0.180 e. The summed E-state index contributed by atoms with van der Waals surface area (Å²) < 4.78 is 14.5. The van der Waals surface area contributed by atoms with Gasteiger partial charge in [0, 0.05) is 25.0 Å². The average Bonchev–Trinajstić information content (AvgIpc) is 3.76. The van der Waals surface area contributed by atoms with Gasteiger partial charge in [-0.05, 0) is 93.0 Å². The van der Waals surface area contributed by atoms with Crippen molar-refractivity contribution in [3.05, 3.63) is 34.7 Å². The van der Waals surface area contributed by atoms with Crippen molar-refractivity contribution in [2.75, 3.05) is 13.2 Å². The number of piperidine rings is 1. The Morgan fingerprint density at radius 1 is 1.09 bits per heavy atom. The van der Waals surface area contributed by atoms with Gasteiger partial charge in [-0.2, -0.15) is 0 Å². The fourth-order valence-corrected chi connectivity index (χ4v) is 11.5. The fraction of sp³-hybridized carbons (Fsp3) is 0.829. The van der Waals surface area contributed by atoms with Crippen LogP contribution in [0.25, 0.3) is 0 Å². The lowest BCUT2D eigenvalue weighted by molar-refractivity contribution is -0.0658. The molecule has 0 aromatic carbocycles. The Labute approximate surface area is 266 Å². The van der Waals surface area contributed by atoms with E-state index in [2.05, 4.69) is 49.0 Å². The molecule has 3 saturated heterocycles. The van der Waals surface area contributed by atoms with E-state index in [1.54, 1.807) is 11.8 Å². The van der Waals surface area contributed by atoms with E-state index in [0.29, 0.717) is 36.1 Å². The topological polar surface area (TPSA) is 133 Å². The second kappa shape index (κ2) is 10.9. The lowest BCUT2D eigenvalue weighted by atomic mass is 9.56. The van der Waals surface area contributed by atoms with Gasteiger partial charge in [0.1, 0.15) is 18.3 Å². The van der Waals surface area contributed by atoms with Gasteiger partial charge in [-0.25, -0.2) is 4.68 Å². The van der Waals surface area contributed by atoms with Gasteiger partial charge in [0.25, 0.3) is 0 Å². The first-order chi connectivity index (χ1) is 21.5. The van der Waals surface area contributed by atoms with E-state index in [4.69, 9.17) is 9.47 Å². The number of fused-ring (bicyclic) bond motifs is 6. The Bertz CT molecular complexity index is 1380. The summed E-state index contributed by atoms with van der Waals surface area (Å²) in [7, 11) is 0. The van der Waals surface area contributed by atoms with Gasteiger partial charge >= 0.3 is 0 Å². The second-order valence-corrected chi connectivity index (χ2v) is 16.1. The summed E-state index contributed by atoms with van der Waals surface area (Å²) in [6.07, 6.45) is 8.81. The van der Waals surface area contributed by atoms with Gasteiger partial charge in [-0.1, -0.05) is 43.2 Å². The molecule has 4 N–H and O–H groups in total. The Morgan fingerprint density at radius 3 is 2.69 bits per heavy atom. The van der Waals surface area contributed by atoms with Gasteiger partial charge in [0.15, 0.2) is 6.23 Å². The molecule has 45 heavy (non-hydrogen) atoms. The van der Waals surface area contributed by atoms with Crippen molar-refractivity contribution < 1.29 is 29.9 Å². The van der Waals surface area contributed by atoms with Crippen LogP contribution in [0.5, 0.6) is 0 Å². The number of ether oxygens (including phenoxy) is 2. The molecule has 10 heteroatoms. The zero-order valence-corrected chi connectivity index (χ0v) is 27.3. The first-order valence-corrected chi connectivity index (χ1v) is 17.6. The molecule has 0 amide bonds. The molecule has 10 nitrogen and oxygen atoms in total. The molecule has 0 radical (unpaired) electrons. The SMILES string of the molecule is CC1=C2C[C@H]3[C@@H](CC=C4C[C@@H](O)CC[C@@]43C)[C@@H]2CC[C@]12O[C@@H]1C[C@H](C)CN(Cc3cn([C@@H]4O[C@H](CO)C(O)[C@@H]4O)nn3)[C@H]1[C@H]2C. The maximum absolute atomic E-state index is 10.5. The largest absolute Gasteiger partial charge is 0.394 e. The first-order valence-electron chi connectivity index (χ1n) is 17.6. The number of allylic oxidation sites excluding steroid dienone is 2. The normalized spacial score (nSPS) is 49.6. The Balaban J connectivity index is 1.04. The third-order valence-corrected chi connectivity index (χ3v) is 13.8. The number of rotatable bonds is 4. The highest BCUT2D eigenvalue weighted by atomic mass is 16.6. The number of hydrogen-bond acceptors (Lipinski definition) is 9. The van der Waals surface area contributed by atoms with E-state index >= 15 is 0 Å². The molecule has 1 aromatic heterocycles. The Hall–Kier alpha value is -1.66. The van der Waals surface area contributed by atoms with Crippen LogP contribution in [0.1, 0.15) is 91.0 Å². The highest BCUT2D eigenvalue weighted by Gasteiger charge is 2.61. The summed E-state index contributed by atoms with van der Waals surface area (Å²) in [5.41, 5.74) is 5.50. The minimum atomic E-state index is -1.18. The summed E-state index contributed by atoms with van der Waals surface area (Å²) in [6.45, 7) is 10.8. The average molecular weight is 625 g/mol. The summed E-state index contributed by atoms with van der Waals surface area (Å²) in [5.74, 6) is 2.88. The molecular formula is C35H52N4O6. The molecular weight excluding hydrogens is 572 g/mol. The predicted octanol–water partition coefficient (Wildman–Crippen LogP) is 3.12. The van der Waals surface area contributed by atoms with Gasteiger partial charge in [-0.3, -0.25) is 4.90 Å². The van der Waals surface area contributed by atoms with Crippen LogP contribution in [0.2, 0.25) is 0 Å². The summed E-state index contributed by atoms with van der Waals surface area (Å²) in [6, 6.07) is 0.279. The van der Waals surface area contributed by atoms with Crippen molar-refractivity contribution in [2.24, 2.45) is 35.0 Å². The van der Waals surface area contributed by atoms with E-state index in [1.165, 1.54) is 28.7 Å². The van der Waals surface area contributed by atoms with E-state index in [1.807, 2.05) is 0 Å². The standard InChI is InChI=1S/C35H52N4O6/c1-18-11-28-30(38(14-18)15-22-16-39(37-36-22)33-32(43)31(42)29(17-40)44-33)20(3)35(45-28)10-8-24-25-6-5-21-12-23(41)7-9-34(21,4)27(25)13-26(24)19(35)2/h5,16,18,20,23-25,27-33,40-43H,6-15,17H2,1-4H3/t18-,20+,23-,24-,25-,27-,28+,29+,30-,31?,32-,33+,34-,35-/m0/s1. The zero-order valence-electron chi connectivity index (χ0n) is 27.3. The second-order valence-electron chi connectivity index (χ2n) is 16.1. The van der Waals surface area contributed by atoms with Crippen LogP contribution in [0.15, 0.2) is 29.0 Å². The fourth-order valence-electron chi connectivity index (χ4n) is 11.5. The molecule has 1 unspecified atom stereocenters. The first kappa shape index (κ1) is 30.7. The molecule has 4 aliphatic carbocycles. The maximum atomic E-state index is 10.5. The molecule has 4 heterocycles. The van der Waals surface area contributed by atoms with Crippen molar-refractivity contribution in [3.8, 4) is 0 Å². The van der Waals surface area contributed by atoms with Crippen LogP contribution in [-0.4, -0.2) is 95.6 Å². The van der Waals surface area contributed by atoms with E-state index in [0.717, 1.165) is 50.8 Å². The maximum Gasteiger partial charge on any atom is 0.180 e. The Morgan fingerprint density at radius 2 is 1.91 bits per heavy atom. The van der Waals surface area contributed by atoms with Crippen molar-refractivity contribution in [2.45, 2.75) is 134 Å². The zero-order chi connectivity index (χ0) is 31.4.